The molecule has 0 radical (unpaired) electrons. The van der Waals surface area contributed by atoms with E-state index >= 15 is 0 Å². The van der Waals surface area contributed by atoms with Crippen molar-refractivity contribution in [3.63, 3.8) is 0 Å². The molecule has 1 saturated carbocycles. The third-order valence-corrected chi connectivity index (χ3v) is 3.69. The Labute approximate surface area is 88.1 Å². The summed E-state index contributed by atoms with van der Waals surface area (Å²) in [4.78, 5) is 2.71. The molecule has 1 heterocycles. The van der Waals surface area contributed by atoms with Crippen molar-refractivity contribution >= 4 is 0 Å². The lowest BCUT2D eigenvalue weighted by Gasteiger charge is -2.37. The van der Waals surface area contributed by atoms with Gasteiger partial charge in [0, 0.05) is 31.7 Å². The lowest BCUT2D eigenvalue weighted by atomic mass is 10.0. The third-order valence-electron chi connectivity index (χ3n) is 3.69. The molecule has 2 heteroatoms. The molecule has 0 amide bonds. The predicted octanol–water partition coefficient (Wildman–Crippen LogP) is 1.86. The van der Waals surface area contributed by atoms with Crippen LogP contribution in [0.2, 0.25) is 0 Å². The highest BCUT2D eigenvalue weighted by molar-refractivity contribution is 4.85. The van der Waals surface area contributed by atoms with Crippen LogP contribution >= 0.6 is 0 Å². The van der Waals surface area contributed by atoms with E-state index in [0.29, 0.717) is 6.04 Å². The van der Waals surface area contributed by atoms with Crippen molar-refractivity contribution in [3.8, 4) is 0 Å². The summed E-state index contributed by atoms with van der Waals surface area (Å²) in [6, 6.07) is 1.56. The molecule has 1 aliphatic heterocycles. The fourth-order valence-electron chi connectivity index (χ4n) is 2.61. The Morgan fingerprint density at radius 2 is 2.21 bits per heavy atom. The van der Waals surface area contributed by atoms with Crippen LogP contribution in [0.1, 0.15) is 39.5 Å². The van der Waals surface area contributed by atoms with Crippen molar-refractivity contribution < 1.29 is 0 Å². The molecule has 0 aromatic heterocycles. The summed E-state index contributed by atoms with van der Waals surface area (Å²) >= 11 is 0. The number of hydrogen-bond acceptors (Lipinski definition) is 2. The average molecular weight is 196 g/mol. The molecule has 0 aromatic rings. The quantitative estimate of drug-likeness (QED) is 0.738. The molecule has 2 fully saturated rings. The molecule has 14 heavy (non-hydrogen) atoms. The van der Waals surface area contributed by atoms with Gasteiger partial charge in [-0.3, -0.25) is 4.90 Å². The fourth-order valence-corrected chi connectivity index (χ4v) is 2.61. The van der Waals surface area contributed by atoms with Crippen molar-refractivity contribution in [2.45, 2.75) is 51.6 Å². The summed E-state index contributed by atoms with van der Waals surface area (Å²) in [5.41, 5.74) is 0. The molecular formula is C12H24N2. The maximum Gasteiger partial charge on any atom is 0.0167 e. The number of rotatable bonds is 4. The van der Waals surface area contributed by atoms with Crippen molar-refractivity contribution in [2.75, 3.05) is 19.6 Å². The average Bonchev–Trinajstić information content (AvgIpc) is 2.98. The molecule has 2 nitrogen and oxygen atoms in total. The van der Waals surface area contributed by atoms with Gasteiger partial charge in [0.25, 0.3) is 0 Å². The summed E-state index contributed by atoms with van der Waals surface area (Å²) in [5.74, 6) is 1.07. The topological polar surface area (TPSA) is 15.3 Å². The fraction of sp³-hybridized carbons (Fsp3) is 1.00. The van der Waals surface area contributed by atoms with Gasteiger partial charge in [-0.2, -0.15) is 0 Å². The Morgan fingerprint density at radius 3 is 2.79 bits per heavy atom. The first kappa shape index (κ1) is 10.4. The second kappa shape index (κ2) is 4.63. The zero-order valence-electron chi connectivity index (χ0n) is 9.63. The Kier molecular flexibility index (Phi) is 3.45. The minimum absolute atomic E-state index is 0.692. The van der Waals surface area contributed by atoms with E-state index in [9.17, 15) is 0 Å². The van der Waals surface area contributed by atoms with Gasteiger partial charge in [0.1, 0.15) is 0 Å². The van der Waals surface area contributed by atoms with E-state index in [1.54, 1.807) is 0 Å². The van der Waals surface area contributed by atoms with Crippen molar-refractivity contribution in [3.05, 3.63) is 0 Å². The molecule has 82 valence electrons. The van der Waals surface area contributed by atoms with Crippen LogP contribution in [-0.4, -0.2) is 36.6 Å². The number of nitrogens with one attached hydrogen (secondary N) is 1. The Morgan fingerprint density at radius 1 is 1.43 bits per heavy atom. The summed E-state index contributed by atoms with van der Waals surface area (Å²) < 4.78 is 0. The van der Waals surface area contributed by atoms with Gasteiger partial charge >= 0.3 is 0 Å². The lowest BCUT2D eigenvalue weighted by Crippen LogP contribution is -2.52. The van der Waals surface area contributed by atoms with Crippen molar-refractivity contribution in [2.24, 2.45) is 5.92 Å². The standard InChI is InChI=1S/C12H24N2/c1-3-12(8-11-4-5-11)14-7-6-13-10(2)9-14/h10-13H,3-9H2,1-2H3. The van der Waals surface area contributed by atoms with E-state index < -0.39 is 0 Å². The van der Waals surface area contributed by atoms with E-state index in [0.717, 1.165) is 12.0 Å². The molecule has 2 atom stereocenters. The van der Waals surface area contributed by atoms with Crippen LogP contribution in [0.4, 0.5) is 0 Å². The van der Waals surface area contributed by atoms with Gasteiger partial charge in [-0.1, -0.05) is 19.8 Å². The second-order valence-corrected chi connectivity index (χ2v) is 5.09. The summed E-state index contributed by atoms with van der Waals surface area (Å²) in [6.45, 7) is 8.35. The first-order valence-corrected chi connectivity index (χ1v) is 6.27. The van der Waals surface area contributed by atoms with Crippen LogP contribution in [0.15, 0.2) is 0 Å². The van der Waals surface area contributed by atoms with E-state index in [4.69, 9.17) is 0 Å². The van der Waals surface area contributed by atoms with E-state index in [1.165, 1.54) is 45.3 Å². The van der Waals surface area contributed by atoms with Crippen molar-refractivity contribution in [1.29, 1.82) is 0 Å². The van der Waals surface area contributed by atoms with E-state index in [2.05, 4.69) is 24.1 Å². The van der Waals surface area contributed by atoms with Gasteiger partial charge < -0.3 is 5.32 Å². The highest BCUT2D eigenvalue weighted by Crippen LogP contribution is 2.35. The maximum atomic E-state index is 3.52. The molecule has 1 aliphatic carbocycles. The smallest absolute Gasteiger partial charge is 0.0167 e. The van der Waals surface area contributed by atoms with Crippen LogP contribution in [0.3, 0.4) is 0 Å². The third kappa shape index (κ3) is 2.71. The van der Waals surface area contributed by atoms with Crippen molar-refractivity contribution in [1.82, 2.24) is 10.2 Å². The van der Waals surface area contributed by atoms with Gasteiger partial charge in [0.05, 0.1) is 0 Å². The number of hydrogen-bond donors (Lipinski definition) is 1. The summed E-state index contributed by atoms with van der Waals surface area (Å²) in [5, 5.41) is 3.52. The zero-order chi connectivity index (χ0) is 9.97. The highest BCUT2D eigenvalue weighted by atomic mass is 15.2. The van der Waals surface area contributed by atoms with Gasteiger partial charge in [0.2, 0.25) is 0 Å². The normalized spacial score (nSPS) is 31.7. The monoisotopic (exact) mass is 196 g/mol. The Balaban J connectivity index is 1.82. The molecule has 2 rings (SSSR count). The zero-order valence-corrected chi connectivity index (χ0v) is 9.63. The number of nitrogens with zero attached hydrogens (tertiary/aromatic N) is 1. The molecule has 2 aliphatic rings. The van der Waals surface area contributed by atoms with Gasteiger partial charge in [-0.05, 0) is 25.7 Å². The summed E-state index contributed by atoms with van der Waals surface area (Å²) in [7, 11) is 0. The van der Waals surface area contributed by atoms with Gasteiger partial charge in [0.15, 0.2) is 0 Å². The van der Waals surface area contributed by atoms with Crippen LogP contribution in [0.5, 0.6) is 0 Å². The minimum atomic E-state index is 0.692. The Hall–Kier alpha value is -0.0800. The van der Waals surface area contributed by atoms with Gasteiger partial charge in [-0.15, -0.1) is 0 Å². The molecule has 0 aromatic carbocycles. The molecule has 2 unspecified atom stereocenters. The molecule has 0 spiro atoms. The molecular weight excluding hydrogens is 172 g/mol. The molecule has 0 bridgehead atoms. The molecule has 1 saturated heterocycles. The van der Waals surface area contributed by atoms with Crippen LogP contribution in [0.25, 0.3) is 0 Å². The van der Waals surface area contributed by atoms with Crippen LogP contribution < -0.4 is 5.32 Å². The van der Waals surface area contributed by atoms with E-state index in [1.807, 2.05) is 0 Å². The summed E-state index contributed by atoms with van der Waals surface area (Å²) in [6.07, 6.45) is 5.79. The van der Waals surface area contributed by atoms with Crippen LogP contribution in [0, 0.1) is 5.92 Å². The second-order valence-electron chi connectivity index (χ2n) is 5.09. The largest absolute Gasteiger partial charge is 0.312 e. The first-order valence-electron chi connectivity index (χ1n) is 6.27. The van der Waals surface area contributed by atoms with Gasteiger partial charge in [-0.25, -0.2) is 0 Å². The lowest BCUT2D eigenvalue weighted by molar-refractivity contribution is 0.134. The van der Waals surface area contributed by atoms with E-state index in [-0.39, 0.29) is 0 Å². The van der Waals surface area contributed by atoms with Crippen LogP contribution in [-0.2, 0) is 0 Å². The Bertz CT molecular complexity index is 175. The highest BCUT2D eigenvalue weighted by Gasteiger charge is 2.29. The SMILES string of the molecule is CCC(CC1CC1)N1CCNC(C)C1. The number of piperazine rings is 1. The first-order chi connectivity index (χ1) is 6.79. The molecule has 1 N–H and O–H groups in total. The maximum absolute atomic E-state index is 3.52. The minimum Gasteiger partial charge on any atom is -0.312 e. The predicted molar refractivity (Wildman–Crippen MR) is 60.5 cm³/mol.